The first kappa shape index (κ1) is 22.0. The summed E-state index contributed by atoms with van der Waals surface area (Å²) in [5.74, 6) is 0.650. The van der Waals surface area contributed by atoms with Crippen LogP contribution in [0, 0.1) is 0 Å². The summed E-state index contributed by atoms with van der Waals surface area (Å²) in [5.41, 5.74) is 2.11. The molecule has 1 N–H and O–H groups in total. The third kappa shape index (κ3) is 4.70. The van der Waals surface area contributed by atoms with E-state index in [2.05, 4.69) is 26.1 Å². The van der Waals surface area contributed by atoms with Gasteiger partial charge in [-0.1, -0.05) is 45.0 Å². The molecule has 1 heterocycles. The summed E-state index contributed by atoms with van der Waals surface area (Å²) in [5, 5.41) is 2.82. The summed E-state index contributed by atoms with van der Waals surface area (Å²) in [6.07, 6.45) is 0.178. The molecule has 0 unspecified atom stereocenters. The Morgan fingerprint density at radius 2 is 1.93 bits per heavy atom. The van der Waals surface area contributed by atoms with Crippen LogP contribution in [0.5, 0.6) is 11.5 Å². The van der Waals surface area contributed by atoms with E-state index < -0.39 is 16.1 Å². The second kappa shape index (κ2) is 8.18. The molecule has 0 radical (unpaired) electrons. The van der Waals surface area contributed by atoms with Crippen LogP contribution in [-0.2, 0) is 26.8 Å². The Morgan fingerprint density at radius 3 is 2.57 bits per heavy atom. The highest BCUT2D eigenvalue weighted by molar-refractivity contribution is 7.92. The highest BCUT2D eigenvalue weighted by Gasteiger charge is 2.35. The van der Waals surface area contributed by atoms with Gasteiger partial charge in [0.2, 0.25) is 10.0 Å². The number of carbonyl (C=O) groups excluding carboxylic acids is 1. The van der Waals surface area contributed by atoms with Gasteiger partial charge >= 0.3 is 0 Å². The monoisotopic (exact) mass is 432 g/mol. The molecule has 1 aliphatic rings. The number of sulfonamides is 1. The number of benzene rings is 2. The number of hydrogen-bond acceptors (Lipinski definition) is 5. The van der Waals surface area contributed by atoms with Crippen molar-refractivity contribution in [2.45, 2.75) is 38.8 Å². The van der Waals surface area contributed by atoms with Crippen LogP contribution in [0.15, 0.2) is 42.5 Å². The van der Waals surface area contributed by atoms with Crippen LogP contribution in [0.4, 0.5) is 5.69 Å². The van der Waals surface area contributed by atoms with E-state index in [-0.39, 0.29) is 24.4 Å². The van der Waals surface area contributed by atoms with Crippen LogP contribution in [0.2, 0.25) is 0 Å². The smallest absolute Gasteiger partial charge is 0.263 e. The van der Waals surface area contributed by atoms with Crippen LogP contribution in [0.1, 0.15) is 31.9 Å². The molecule has 3 rings (SSSR count). The van der Waals surface area contributed by atoms with Crippen molar-refractivity contribution in [3.63, 3.8) is 0 Å². The number of ether oxygens (including phenoxy) is 2. The van der Waals surface area contributed by atoms with E-state index in [4.69, 9.17) is 9.47 Å². The van der Waals surface area contributed by atoms with E-state index in [0.29, 0.717) is 17.2 Å². The standard InChI is InChI=1S/C22H28N2O5S/c1-22(2,3)16-10-11-19-17(12-16)24(30(5,26)27)14-20(29-19)21(25)23-13-15-8-6-7-9-18(15)28-4/h6-12,20H,13-14H2,1-5H3,(H,23,25)/t20-/m0/s1. The molecule has 162 valence electrons. The molecule has 8 heteroatoms. The van der Waals surface area contributed by atoms with Crippen molar-refractivity contribution < 1.29 is 22.7 Å². The molecule has 1 amide bonds. The fourth-order valence-electron chi connectivity index (χ4n) is 3.31. The second-order valence-corrected chi connectivity index (χ2v) is 10.3. The molecule has 0 saturated heterocycles. The molecular weight excluding hydrogens is 404 g/mol. The maximum atomic E-state index is 12.8. The zero-order valence-electron chi connectivity index (χ0n) is 17.9. The third-order valence-electron chi connectivity index (χ3n) is 5.03. The fraction of sp³-hybridized carbons (Fsp3) is 0.409. The molecule has 0 aromatic heterocycles. The lowest BCUT2D eigenvalue weighted by molar-refractivity contribution is -0.127. The third-order valence-corrected chi connectivity index (χ3v) is 6.18. The zero-order chi connectivity index (χ0) is 22.1. The molecule has 1 aliphatic heterocycles. The first-order chi connectivity index (χ1) is 14.0. The molecule has 0 saturated carbocycles. The number of anilines is 1. The van der Waals surface area contributed by atoms with Gasteiger partial charge in [0.05, 0.1) is 25.6 Å². The summed E-state index contributed by atoms with van der Waals surface area (Å²) in [6, 6.07) is 12.8. The molecular formula is C22H28N2O5S. The Hall–Kier alpha value is -2.74. The zero-order valence-corrected chi connectivity index (χ0v) is 18.7. The minimum absolute atomic E-state index is 0.0861. The maximum Gasteiger partial charge on any atom is 0.263 e. The second-order valence-electron chi connectivity index (χ2n) is 8.36. The summed E-state index contributed by atoms with van der Waals surface area (Å²) in [4.78, 5) is 12.8. The maximum absolute atomic E-state index is 12.8. The highest BCUT2D eigenvalue weighted by atomic mass is 32.2. The molecule has 1 atom stereocenters. The lowest BCUT2D eigenvalue weighted by Crippen LogP contribution is -2.50. The van der Waals surface area contributed by atoms with Crippen LogP contribution in [-0.4, -0.2) is 40.3 Å². The summed E-state index contributed by atoms with van der Waals surface area (Å²) in [6.45, 7) is 6.32. The van der Waals surface area contributed by atoms with Gasteiger partial charge in [-0.2, -0.15) is 0 Å². The van der Waals surface area contributed by atoms with Gasteiger partial charge in [-0.15, -0.1) is 0 Å². The van der Waals surface area contributed by atoms with E-state index in [1.807, 2.05) is 36.4 Å². The van der Waals surface area contributed by atoms with Gasteiger partial charge in [0, 0.05) is 12.1 Å². The fourth-order valence-corrected chi connectivity index (χ4v) is 4.22. The molecule has 2 aromatic rings. The van der Waals surface area contributed by atoms with Crippen LogP contribution >= 0.6 is 0 Å². The van der Waals surface area contributed by atoms with Crippen molar-refractivity contribution in [1.29, 1.82) is 0 Å². The lowest BCUT2D eigenvalue weighted by Gasteiger charge is -2.35. The van der Waals surface area contributed by atoms with Crippen LogP contribution in [0.3, 0.4) is 0 Å². The predicted molar refractivity (Wildman–Crippen MR) is 117 cm³/mol. The number of amides is 1. The molecule has 30 heavy (non-hydrogen) atoms. The molecule has 7 nitrogen and oxygen atoms in total. The topological polar surface area (TPSA) is 84.9 Å². The van der Waals surface area contributed by atoms with E-state index in [9.17, 15) is 13.2 Å². The number of para-hydroxylation sites is 1. The molecule has 2 aromatic carbocycles. The number of methoxy groups -OCH3 is 1. The number of rotatable bonds is 5. The van der Waals surface area contributed by atoms with Gasteiger partial charge in [0.25, 0.3) is 5.91 Å². The Kier molecular flexibility index (Phi) is 5.99. The molecule has 0 aliphatic carbocycles. The van der Waals surface area contributed by atoms with E-state index in [1.165, 1.54) is 4.31 Å². The van der Waals surface area contributed by atoms with Gasteiger partial charge in [-0.25, -0.2) is 8.42 Å². The Labute approximate surface area is 178 Å². The number of hydrogen-bond donors (Lipinski definition) is 1. The van der Waals surface area contributed by atoms with Crippen molar-refractivity contribution in [2.75, 3.05) is 24.2 Å². The van der Waals surface area contributed by atoms with Gasteiger partial charge in [-0.3, -0.25) is 9.10 Å². The Bertz CT molecular complexity index is 1040. The molecule has 0 fully saturated rings. The summed E-state index contributed by atoms with van der Waals surface area (Å²) >= 11 is 0. The largest absolute Gasteiger partial charge is 0.496 e. The van der Waals surface area contributed by atoms with Gasteiger partial charge in [0.1, 0.15) is 11.5 Å². The van der Waals surface area contributed by atoms with Crippen molar-refractivity contribution in [1.82, 2.24) is 5.32 Å². The van der Waals surface area contributed by atoms with E-state index >= 15 is 0 Å². The van der Waals surface area contributed by atoms with Crippen LogP contribution < -0.4 is 19.1 Å². The minimum atomic E-state index is -3.59. The van der Waals surface area contributed by atoms with Crippen molar-refractivity contribution in [3.05, 3.63) is 53.6 Å². The van der Waals surface area contributed by atoms with Crippen molar-refractivity contribution in [2.24, 2.45) is 0 Å². The van der Waals surface area contributed by atoms with Gasteiger partial charge in [-0.05, 0) is 29.2 Å². The predicted octanol–water partition coefficient (Wildman–Crippen LogP) is 2.84. The van der Waals surface area contributed by atoms with E-state index in [0.717, 1.165) is 17.4 Å². The SMILES string of the molecule is COc1ccccc1CNC(=O)[C@@H]1CN(S(C)(=O)=O)c2cc(C(C)(C)C)ccc2O1. The van der Waals surface area contributed by atoms with Crippen molar-refractivity contribution >= 4 is 21.6 Å². The average molecular weight is 433 g/mol. The normalized spacial score (nSPS) is 16.4. The minimum Gasteiger partial charge on any atom is -0.496 e. The number of fused-ring (bicyclic) bond motifs is 1. The number of carbonyl (C=O) groups is 1. The lowest BCUT2D eigenvalue weighted by atomic mass is 9.86. The average Bonchev–Trinajstić information content (AvgIpc) is 2.69. The first-order valence-electron chi connectivity index (χ1n) is 9.69. The molecule has 0 spiro atoms. The van der Waals surface area contributed by atoms with E-state index in [1.54, 1.807) is 13.2 Å². The van der Waals surface area contributed by atoms with Crippen molar-refractivity contribution in [3.8, 4) is 11.5 Å². The Balaban J connectivity index is 1.84. The molecule has 0 bridgehead atoms. The summed E-state index contributed by atoms with van der Waals surface area (Å²) < 4.78 is 37.4. The summed E-state index contributed by atoms with van der Waals surface area (Å²) in [7, 11) is -2.03. The highest BCUT2D eigenvalue weighted by Crippen LogP contribution is 2.38. The number of nitrogens with one attached hydrogen (secondary N) is 1. The number of nitrogens with zero attached hydrogens (tertiary/aromatic N) is 1. The van der Waals surface area contributed by atoms with Crippen LogP contribution in [0.25, 0.3) is 0 Å². The van der Waals surface area contributed by atoms with Gasteiger partial charge in [0.15, 0.2) is 6.10 Å². The van der Waals surface area contributed by atoms with Gasteiger partial charge < -0.3 is 14.8 Å². The quantitative estimate of drug-likeness (QED) is 0.785. The Morgan fingerprint density at radius 1 is 1.23 bits per heavy atom. The first-order valence-corrected chi connectivity index (χ1v) is 11.5.